The van der Waals surface area contributed by atoms with Crippen LogP contribution >= 0.6 is 0 Å². The van der Waals surface area contributed by atoms with Gasteiger partial charge in [0, 0.05) is 31.1 Å². The molecule has 3 fully saturated rings. The van der Waals surface area contributed by atoms with Gasteiger partial charge in [0.2, 0.25) is 11.8 Å². The fourth-order valence-corrected chi connectivity index (χ4v) is 4.95. The first-order valence-electron chi connectivity index (χ1n) is 11.2. The lowest BCUT2D eigenvalue weighted by atomic mass is 10.0. The van der Waals surface area contributed by atoms with E-state index in [1.54, 1.807) is 4.90 Å². The Bertz CT molecular complexity index is 866. The molecule has 0 bridgehead atoms. The molecule has 30 heavy (non-hydrogen) atoms. The van der Waals surface area contributed by atoms with E-state index in [0.29, 0.717) is 31.2 Å². The summed E-state index contributed by atoms with van der Waals surface area (Å²) in [6, 6.07) is 5.49. The first-order chi connectivity index (χ1) is 14.6. The second-order valence-corrected chi connectivity index (χ2v) is 9.12. The van der Waals surface area contributed by atoms with E-state index in [2.05, 4.69) is 10.2 Å². The molecule has 1 N–H and O–H groups in total. The predicted octanol–water partition coefficient (Wildman–Crippen LogP) is 2.09. The zero-order chi connectivity index (χ0) is 20.7. The molecule has 7 heteroatoms. The summed E-state index contributed by atoms with van der Waals surface area (Å²) in [5.74, 6) is 0.874. The number of carbonyl (C=O) groups is 3. The minimum atomic E-state index is -0.579. The molecule has 1 saturated carbocycles. The number of carbonyl (C=O) groups excluding carboxylic acids is 3. The highest BCUT2D eigenvalue weighted by Crippen LogP contribution is 2.33. The Kier molecular flexibility index (Phi) is 5.23. The standard InChI is InChI=1S/C23H29N3O4/c27-21-9-8-20(22(28)24-21)26-13-16-11-18(6-7-19(16)23(26)29)30-14-17-3-1-2-10-25(17)12-15-4-5-15/h6-7,11,15,17,20H,1-5,8-10,12-14H2,(H,24,27,28)/t17-,20?/m1/s1. The molecule has 0 radical (unpaired) electrons. The number of hydrogen-bond acceptors (Lipinski definition) is 5. The second-order valence-electron chi connectivity index (χ2n) is 9.12. The minimum absolute atomic E-state index is 0.145. The molecular weight excluding hydrogens is 382 g/mol. The van der Waals surface area contributed by atoms with Crippen molar-refractivity contribution >= 4 is 17.7 Å². The lowest BCUT2D eigenvalue weighted by Crippen LogP contribution is -2.52. The van der Waals surface area contributed by atoms with Crippen LogP contribution in [-0.2, 0) is 16.1 Å². The van der Waals surface area contributed by atoms with Crippen molar-refractivity contribution in [2.75, 3.05) is 19.7 Å². The van der Waals surface area contributed by atoms with Crippen molar-refractivity contribution in [2.24, 2.45) is 5.92 Å². The van der Waals surface area contributed by atoms with Crippen molar-refractivity contribution < 1.29 is 19.1 Å². The van der Waals surface area contributed by atoms with Gasteiger partial charge < -0.3 is 9.64 Å². The third-order valence-electron chi connectivity index (χ3n) is 6.88. The van der Waals surface area contributed by atoms with E-state index in [4.69, 9.17) is 4.74 Å². The van der Waals surface area contributed by atoms with Gasteiger partial charge >= 0.3 is 0 Å². The molecule has 0 spiro atoms. The van der Waals surface area contributed by atoms with Crippen molar-refractivity contribution in [2.45, 2.75) is 63.6 Å². The van der Waals surface area contributed by atoms with Crippen molar-refractivity contribution in [1.82, 2.24) is 15.1 Å². The second kappa shape index (κ2) is 8.02. The van der Waals surface area contributed by atoms with Gasteiger partial charge in [-0.1, -0.05) is 6.42 Å². The molecule has 3 amide bonds. The van der Waals surface area contributed by atoms with Crippen molar-refractivity contribution in [3.63, 3.8) is 0 Å². The van der Waals surface area contributed by atoms with E-state index in [9.17, 15) is 14.4 Å². The van der Waals surface area contributed by atoms with Gasteiger partial charge in [-0.25, -0.2) is 0 Å². The molecule has 3 heterocycles. The summed E-state index contributed by atoms with van der Waals surface area (Å²) < 4.78 is 6.16. The number of nitrogens with zero attached hydrogens (tertiary/aromatic N) is 2. The lowest BCUT2D eigenvalue weighted by Gasteiger charge is -2.35. The quantitative estimate of drug-likeness (QED) is 0.726. The van der Waals surface area contributed by atoms with Crippen molar-refractivity contribution in [3.8, 4) is 5.75 Å². The van der Waals surface area contributed by atoms with Gasteiger partial charge in [0.05, 0.1) is 0 Å². The Morgan fingerprint density at radius 3 is 2.73 bits per heavy atom. The molecule has 5 rings (SSSR count). The maximum Gasteiger partial charge on any atom is 0.255 e. The molecule has 160 valence electrons. The Balaban J connectivity index is 1.23. The fraction of sp³-hybridized carbons (Fsp3) is 0.609. The van der Waals surface area contributed by atoms with Gasteiger partial charge in [0.15, 0.2) is 0 Å². The highest BCUT2D eigenvalue weighted by atomic mass is 16.5. The molecule has 4 aliphatic rings. The molecule has 7 nitrogen and oxygen atoms in total. The van der Waals surface area contributed by atoms with E-state index < -0.39 is 6.04 Å². The van der Waals surface area contributed by atoms with Crippen LogP contribution < -0.4 is 10.1 Å². The molecule has 3 aliphatic heterocycles. The van der Waals surface area contributed by atoms with Gasteiger partial charge in [-0.2, -0.15) is 0 Å². The maximum atomic E-state index is 12.8. The number of benzene rings is 1. The third-order valence-corrected chi connectivity index (χ3v) is 6.88. The number of likely N-dealkylation sites (tertiary alicyclic amines) is 1. The highest BCUT2D eigenvalue weighted by molar-refractivity contribution is 6.05. The van der Waals surface area contributed by atoms with E-state index in [-0.39, 0.29) is 24.1 Å². The van der Waals surface area contributed by atoms with E-state index in [0.717, 1.165) is 17.2 Å². The van der Waals surface area contributed by atoms with Gasteiger partial charge in [-0.3, -0.25) is 24.6 Å². The Morgan fingerprint density at radius 2 is 1.93 bits per heavy atom. The molecule has 1 aromatic rings. The average Bonchev–Trinajstić information content (AvgIpc) is 3.50. The number of imide groups is 1. The van der Waals surface area contributed by atoms with Gasteiger partial charge in [0.1, 0.15) is 18.4 Å². The lowest BCUT2D eigenvalue weighted by molar-refractivity contribution is -0.136. The zero-order valence-electron chi connectivity index (χ0n) is 17.3. The summed E-state index contributed by atoms with van der Waals surface area (Å²) in [6.07, 6.45) is 7.10. The van der Waals surface area contributed by atoms with Crippen molar-refractivity contribution in [3.05, 3.63) is 29.3 Å². The monoisotopic (exact) mass is 411 g/mol. The van der Waals surface area contributed by atoms with Crippen LogP contribution in [0.4, 0.5) is 0 Å². The van der Waals surface area contributed by atoms with Gasteiger partial charge in [-0.05, 0) is 68.3 Å². The maximum absolute atomic E-state index is 12.8. The summed E-state index contributed by atoms with van der Waals surface area (Å²) in [5, 5.41) is 2.34. The molecular formula is C23H29N3O4. The van der Waals surface area contributed by atoms with E-state index >= 15 is 0 Å². The molecule has 1 unspecified atom stereocenters. The van der Waals surface area contributed by atoms with Gasteiger partial charge in [0.25, 0.3) is 5.91 Å². The summed E-state index contributed by atoms with van der Waals surface area (Å²) in [7, 11) is 0. The minimum Gasteiger partial charge on any atom is -0.492 e. The molecule has 2 saturated heterocycles. The molecule has 1 aliphatic carbocycles. The zero-order valence-corrected chi connectivity index (χ0v) is 17.3. The number of rotatable bonds is 6. The average molecular weight is 412 g/mol. The van der Waals surface area contributed by atoms with Crippen LogP contribution in [0.15, 0.2) is 18.2 Å². The van der Waals surface area contributed by atoms with Crippen LogP contribution in [0, 0.1) is 5.92 Å². The summed E-state index contributed by atoms with van der Waals surface area (Å²) >= 11 is 0. The molecule has 0 aromatic heterocycles. The first-order valence-corrected chi connectivity index (χ1v) is 11.2. The number of piperidine rings is 2. The van der Waals surface area contributed by atoms with Gasteiger partial charge in [-0.15, -0.1) is 0 Å². The van der Waals surface area contributed by atoms with E-state index in [1.165, 1.54) is 45.2 Å². The topological polar surface area (TPSA) is 79.0 Å². The van der Waals surface area contributed by atoms with Crippen LogP contribution in [0.1, 0.15) is 60.9 Å². The Labute approximate surface area is 176 Å². The SMILES string of the molecule is O=C1CCC(N2Cc3cc(OC[C@H]4CCCCN4CC4CC4)ccc3C2=O)C(=O)N1. The van der Waals surface area contributed by atoms with Crippen LogP contribution in [-0.4, -0.2) is 59.3 Å². The number of ether oxygens (including phenoxy) is 1. The predicted molar refractivity (Wildman–Crippen MR) is 110 cm³/mol. The van der Waals surface area contributed by atoms with Crippen LogP contribution in [0.25, 0.3) is 0 Å². The largest absolute Gasteiger partial charge is 0.492 e. The fourth-order valence-electron chi connectivity index (χ4n) is 4.95. The van der Waals surface area contributed by atoms with E-state index in [1.807, 2.05) is 18.2 Å². The van der Waals surface area contributed by atoms with Crippen LogP contribution in [0.2, 0.25) is 0 Å². The number of nitrogens with one attached hydrogen (secondary N) is 1. The molecule has 1 aromatic carbocycles. The number of amides is 3. The van der Waals surface area contributed by atoms with Crippen molar-refractivity contribution in [1.29, 1.82) is 0 Å². The summed E-state index contributed by atoms with van der Waals surface area (Å²) in [6.45, 7) is 3.43. The summed E-state index contributed by atoms with van der Waals surface area (Å²) in [5.41, 5.74) is 1.51. The molecule has 2 atom stereocenters. The number of hydrogen-bond donors (Lipinski definition) is 1. The number of fused-ring (bicyclic) bond motifs is 1. The highest BCUT2D eigenvalue weighted by Gasteiger charge is 2.39. The Hall–Kier alpha value is -2.41. The first kappa shape index (κ1) is 19.5. The van der Waals surface area contributed by atoms with Crippen LogP contribution in [0.5, 0.6) is 5.75 Å². The Morgan fingerprint density at radius 1 is 1.07 bits per heavy atom. The smallest absolute Gasteiger partial charge is 0.255 e. The van der Waals surface area contributed by atoms with Crippen LogP contribution in [0.3, 0.4) is 0 Å². The normalized spacial score (nSPS) is 27.2. The summed E-state index contributed by atoms with van der Waals surface area (Å²) in [4.78, 5) is 40.6. The third kappa shape index (κ3) is 3.95.